The Morgan fingerprint density at radius 3 is 2.41 bits per heavy atom. The number of hydrogen-bond donors (Lipinski definition) is 3. The molecule has 0 spiro atoms. The van der Waals surface area contributed by atoms with Gasteiger partial charge in [-0.1, -0.05) is 22.4 Å². The van der Waals surface area contributed by atoms with Crippen LogP contribution in [-0.2, 0) is 5.60 Å². The monoisotopic (exact) mass is 387 g/mol. The SMILES string of the molecule is O=C(O)c1[nH]nnc1OC1CCC(O)(c2ccc(OC(F)(F)F)cc2)CC1. The van der Waals surface area contributed by atoms with Gasteiger partial charge in [-0.05, 0) is 43.4 Å². The van der Waals surface area contributed by atoms with Gasteiger partial charge in [0, 0.05) is 0 Å². The Balaban J connectivity index is 1.62. The van der Waals surface area contributed by atoms with E-state index in [4.69, 9.17) is 9.84 Å². The molecule has 1 aromatic heterocycles. The van der Waals surface area contributed by atoms with Gasteiger partial charge in [-0.3, -0.25) is 0 Å². The smallest absolute Gasteiger partial charge is 0.476 e. The molecule has 1 heterocycles. The average molecular weight is 387 g/mol. The maximum atomic E-state index is 12.2. The first-order chi connectivity index (χ1) is 12.7. The number of aromatic amines is 1. The summed E-state index contributed by atoms with van der Waals surface area (Å²) in [5.74, 6) is -1.73. The van der Waals surface area contributed by atoms with Crippen molar-refractivity contribution in [1.29, 1.82) is 0 Å². The number of carboxylic acids is 1. The van der Waals surface area contributed by atoms with E-state index in [2.05, 4.69) is 20.1 Å². The zero-order valence-corrected chi connectivity index (χ0v) is 13.9. The Morgan fingerprint density at radius 1 is 1.22 bits per heavy atom. The summed E-state index contributed by atoms with van der Waals surface area (Å²) in [4.78, 5) is 11.0. The molecule has 0 amide bonds. The first-order valence-corrected chi connectivity index (χ1v) is 8.06. The molecular weight excluding hydrogens is 371 g/mol. The fourth-order valence-corrected chi connectivity index (χ4v) is 3.04. The minimum atomic E-state index is -4.77. The lowest BCUT2D eigenvalue weighted by molar-refractivity contribution is -0.274. The number of nitrogens with one attached hydrogen (secondary N) is 1. The number of carboxylic acid groups (broad SMARTS) is 1. The maximum absolute atomic E-state index is 12.2. The van der Waals surface area contributed by atoms with Gasteiger partial charge in [0.25, 0.3) is 5.88 Å². The highest BCUT2D eigenvalue weighted by Crippen LogP contribution is 2.39. The summed E-state index contributed by atoms with van der Waals surface area (Å²) in [7, 11) is 0. The van der Waals surface area contributed by atoms with Crippen LogP contribution in [0.3, 0.4) is 0 Å². The summed E-state index contributed by atoms with van der Waals surface area (Å²) in [5, 5.41) is 29.0. The first-order valence-electron chi connectivity index (χ1n) is 8.06. The van der Waals surface area contributed by atoms with Crippen molar-refractivity contribution in [1.82, 2.24) is 15.4 Å². The predicted molar refractivity (Wildman–Crippen MR) is 83.2 cm³/mol. The summed E-state index contributed by atoms with van der Waals surface area (Å²) in [6.45, 7) is 0. The molecule has 0 bridgehead atoms. The number of benzene rings is 1. The Morgan fingerprint density at radius 2 is 1.85 bits per heavy atom. The molecule has 3 rings (SSSR count). The van der Waals surface area contributed by atoms with Crippen LogP contribution < -0.4 is 9.47 Å². The van der Waals surface area contributed by atoms with Gasteiger partial charge in [0.05, 0.1) is 5.60 Å². The van der Waals surface area contributed by atoms with Crippen molar-refractivity contribution < 1.29 is 37.7 Å². The van der Waals surface area contributed by atoms with Crippen LogP contribution in [0.5, 0.6) is 11.6 Å². The number of H-pyrrole nitrogens is 1. The van der Waals surface area contributed by atoms with E-state index >= 15 is 0 Å². The van der Waals surface area contributed by atoms with Crippen molar-refractivity contribution in [3.05, 3.63) is 35.5 Å². The standard InChI is InChI=1S/C16H16F3N3O5/c17-16(18,19)27-11-3-1-9(2-4-11)15(25)7-5-10(6-8-15)26-13-12(14(23)24)20-22-21-13/h1-4,10,25H,5-8H2,(H,23,24)(H,20,21,22). The first kappa shape index (κ1) is 19.0. The lowest BCUT2D eigenvalue weighted by Gasteiger charge is -2.36. The number of carbonyl (C=O) groups is 1. The molecule has 0 radical (unpaired) electrons. The number of ether oxygens (including phenoxy) is 2. The van der Waals surface area contributed by atoms with E-state index in [9.17, 15) is 23.1 Å². The number of hydrogen-bond acceptors (Lipinski definition) is 6. The van der Waals surface area contributed by atoms with E-state index in [0.717, 1.165) is 12.1 Å². The molecule has 27 heavy (non-hydrogen) atoms. The van der Waals surface area contributed by atoms with Crippen molar-refractivity contribution in [2.45, 2.75) is 43.8 Å². The maximum Gasteiger partial charge on any atom is 0.573 e. The van der Waals surface area contributed by atoms with Crippen LogP contribution in [0.25, 0.3) is 0 Å². The molecule has 0 unspecified atom stereocenters. The normalized spacial score (nSPS) is 23.0. The molecule has 1 saturated carbocycles. The largest absolute Gasteiger partial charge is 0.573 e. The molecule has 0 atom stereocenters. The molecule has 0 aliphatic heterocycles. The van der Waals surface area contributed by atoms with Gasteiger partial charge in [-0.2, -0.15) is 0 Å². The fraction of sp³-hybridized carbons (Fsp3) is 0.438. The van der Waals surface area contributed by atoms with E-state index in [1.807, 2.05) is 0 Å². The Hall–Kier alpha value is -2.82. The van der Waals surface area contributed by atoms with E-state index in [1.54, 1.807) is 0 Å². The average Bonchev–Trinajstić information content (AvgIpc) is 3.05. The molecule has 8 nitrogen and oxygen atoms in total. The topological polar surface area (TPSA) is 118 Å². The zero-order chi connectivity index (χ0) is 19.7. The summed E-state index contributed by atoms with van der Waals surface area (Å²) >= 11 is 0. The van der Waals surface area contributed by atoms with Crippen LogP contribution in [-0.4, -0.2) is 44.1 Å². The second-order valence-corrected chi connectivity index (χ2v) is 6.22. The summed E-state index contributed by atoms with van der Waals surface area (Å²) in [6, 6.07) is 5.08. The number of aromatic nitrogens is 3. The molecular formula is C16H16F3N3O5. The van der Waals surface area contributed by atoms with Crippen LogP contribution in [0.2, 0.25) is 0 Å². The lowest BCUT2D eigenvalue weighted by Crippen LogP contribution is -2.35. The number of rotatable bonds is 5. The van der Waals surface area contributed by atoms with E-state index in [0.29, 0.717) is 18.4 Å². The summed E-state index contributed by atoms with van der Waals surface area (Å²) in [6.07, 6.45) is -3.74. The number of halogens is 3. The van der Waals surface area contributed by atoms with E-state index < -0.39 is 17.9 Å². The third-order valence-electron chi connectivity index (χ3n) is 4.39. The van der Waals surface area contributed by atoms with Crippen LogP contribution >= 0.6 is 0 Å². The molecule has 1 aromatic carbocycles. The highest BCUT2D eigenvalue weighted by atomic mass is 19.4. The minimum Gasteiger partial charge on any atom is -0.476 e. The van der Waals surface area contributed by atoms with Gasteiger partial charge in [0.1, 0.15) is 11.9 Å². The van der Waals surface area contributed by atoms with Gasteiger partial charge >= 0.3 is 12.3 Å². The van der Waals surface area contributed by atoms with Crippen molar-refractivity contribution in [3.8, 4) is 11.6 Å². The third-order valence-corrected chi connectivity index (χ3v) is 4.39. The van der Waals surface area contributed by atoms with Crippen LogP contribution in [0.4, 0.5) is 13.2 Å². The Kier molecular flexibility index (Phi) is 4.96. The van der Waals surface area contributed by atoms with Gasteiger partial charge in [0.15, 0.2) is 0 Å². The van der Waals surface area contributed by atoms with Gasteiger partial charge < -0.3 is 19.7 Å². The highest BCUT2D eigenvalue weighted by molar-refractivity contribution is 5.87. The quantitative estimate of drug-likeness (QED) is 0.722. The molecule has 1 fully saturated rings. The fourth-order valence-electron chi connectivity index (χ4n) is 3.04. The lowest BCUT2D eigenvalue weighted by atomic mass is 9.78. The highest BCUT2D eigenvalue weighted by Gasteiger charge is 2.37. The van der Waals surface area contributed by atoms with Crippen molar-refractivity contribution in [3.63, 3.8) is 0 Å². The third kappa shape index (κ3) is 4.48. The van der Waals surface area contributed by atoms with Gasteiger partial charge in [0.2, 0.25) is 5.69 Å². The minimum absolute atomic E-state index is 0.119. The van der Waals surface area contributed by atoms with Crippen LogP contribution in [0.15, 0.2) is 24.3 Å². The molecule has 2 aromatic rings. The van der Waals surface area contributed by atoms with Gasteiger partial charge in [-0.25, -0.2) is 9.89 Å². The number of alkyl halides is 3. The van der Waals surface area contributed by atoms with Crippen molar-refractivity contribution in [2.75, 3.05) is 0 Å². The molecule has 1 aliphatic carbocycles. The second-order valence-electron chi connectivity index (χ2n) is 6.22. The summed E-state index contributed by atoms with van der Waals surface area (Å²) in [5.41, 5.74) is -0.991. The molecule has 1 aliphatic rings. The summed E-state index contributed by atoms with van der Waals surface area (Å²) < 4.78 is 46.0. The van der Waals surface area contributed by atoms with Gasteiger partial charge in [-0.15, -0.1) is 13.2 Å². The second kappa shape index (κ2) is 7.06. The van der Waals surface area contributed by atoms with E-state index in [1.165, 1.54) is 12.1 Å². The number of nitrogens with zero attached hydrogens (tertiary/aromatic N) is 2. The molecule has 11 heteroatoms. The molecule has 146 valence electrons. The van der Waals surface area contributed by atoms with Crippen molar-refractivity contribution in [2.24, 2.45) is 0 Å². The predicted octanol–water partition coefficient (Wildman–Crippen LogP) is 2.61. The van der Waals surface area contributed by atoms with Crippen LogP contribution in [0, 0.1) is 0 Å². The Bertz CT molecular complexity index is 798. The number of aromatic carboxylic acids is 1. The zero-order valence-electron chi connectivity index (χ0n) is 13.9. The molecule has 0 saturated heterocycles. The van der Waals surface area contributed by atoms with E-state index in [-0.39, 0.29) is 36.3 Å². The van der Waals surface area contributed by atoms with Crippen LogP contribution in [0.1, 0.15) is 41.7 Å². The number of aliphatic hydroxyl groups is 1. The van der Waals surface area contributed by atoms with Crippen molar-refractivity contribution >= 4 is 5.97 Å². The Labute approximate surface area is 150 Å². The molecule has 3 N–H and O–H groups in total.